The zero-order valence-corrected chi connectivity index (χ0v) is 8.78. The third-order valence-electron chi connectivity index (χ3n) is 1.87. The van der Waals surface area contributed by atoms with Gasteiger partial charge in [-0.1, -0.05) is 29.8 Å². The molecule has 2 heteroatoms. The molecule has 0 bridgehead atoms. The van der Waals surface area contributed by atoms with E-state index in [4.69, 9.17) is 5.26 Å². The minimum Gasteiger partial charge on any atom is -0.382 e. The minimum atomic E-state index is 0.690. The molecule has 2 nitrogen and oxygen atoms in total. The van der Waals surface area contributed by atoms with Gasteiger partial charge in [-0.15, -0.1) is 0 Å². The monoisotopic (exact) mass is 186 g/mol. The first kappa shape index (κ1) is 10.3. The summed E-state index contributed by atoms with van der Waals surface area (Å²) in [7, 11) is 3.82. The van der Waals surface area contributed by atoms with Crippen molar-refractivity contribution in [1.29, 1.82) is 5.26 Å². The van der Waals surface area contributed by atoms with Gasteiger partial charge in [0.2, 0.25) is 0 Å². The number of nitriles is 1. The molecule has 0 aromatic heterocycles. The average Bonchev–Trinajstić information content (AvgIpc) is 2.15. The summed E-state index contributed by atoms with van der Waals surface area (Å²) in [5.74, 6) is 0. The van der Waals surface area contributed by atoms with Crippen LogP contribution in [0.15, 0.2) is 30.5 Å². The number of allylic oxidation sites excluding steroid dienone is 1. The standard InChI is InChI=1S/C12H14N2/c1-10-4-6-11(7-5-10)12(8-13)9-14(2)3/h4-7,9H,1-3H3/b12-9+. The molecule has 0 amide bonds. The van der Waals surface area contributed by atoms with E-state index in [-0.39, 0.29) is 0 Å². The molecule has 0 aliphatic rings. The summed E-state index contributed by atoms with van der Waals surface area (Å²) < 4.78 is 0. The Balaban J connectivity index is 3.03. The molecule has 0 radical (unpaired) electrons. The van der Waals surface area contributed by atoms with Crippen LogP contribution in [-0.2, 0) is 0 Å². The summed E-state index contributed by atoms with van der Waals surface area (Å²) in [5, 5.41) is 8.95. The van der Waals surface area contributed by atoms with Crippen LogP contribution in [0.4, 0.5) is 0 Å². The van der Waals surface area contributed by atoms with Gasteiger partial charge < -0.3 is 4.90 Å². The van der Waals surface area contributed by atoms with Crippen LogP contribution in [0.25, 0.3) is 5.57 Å². The zero-order chi connectivity index (χ0) is 10.6. The lowest BCUT2D eigenvalue weighted by molar-refractivity contribution is 0.566. The van der Waals surface area contributed by atoms with Gasteiger partial charge in [0.15, 0.2) is 0 Å². The molecule has 0 aliphatic heterocycles. The van der Waals surface area contributed by atoms with Crippen molar-refractivity contribution in [1.82, 2.24) is 4.90 Å². The first-order chi connectivity index (χ1) is 6.63. The Labute approximate surface area is 85.1 Å². The van der Waals surface area contributed by atoms with Crippen LogP contribution in [0.5, 0.6) is 0 Å². The van der Waals surface area contributed by atoms with Crippen LogP contribution < -0.4 is 0 Å². The van der Waals surface area contributed by atoms with Gasteiger partial charge in [-0.3, -0.25) is 0 Å². The average molecular weight is 186 g/mol. The number of hydrogen-bond donors (Lipinski definition) is 0. The highest BCUT2D eigenvalue weighted by molar-refractivity contribution is 5.76. The lowest BCUT2D eigenvalue weighted by Gasteiger charge is -2.06. The van der Waals surface area contributed by atoms with Crippen molar-refractivity contribution in [3.05, 3.63) is 41.6 Å². The van der Waals surface area contributed by atoms with E-state index in [9.17, 15) is 0 Å². The first-order valence-corrected chi connectivity index (χ1v) is 4.49. The maximum atomic E-state index is 8.95. The van der Waals surface area contributed by atoms with Crippen LogP contribution >= 0.6 is 0 Å². The fraction of sp³-hybridized carbons (Fsp3) is 0.250. The second kappa shape index (κ2) is 4.48. The summed E-state index contributed by atoms with van der Waals surface area (Å²) in [6, 6.07) is 10.1. The Kier molecular flexibility index (Phi) is 3.30. The number of benzene rings is 1. The predicted octanol–water partition coefficient (Wildman–Crippen LogP) is 2.42. The van der Waals surface area contributed by atoms with Gasteiger partial charge >= 0.3 is 0 Å². The molecule has 0 atom stereocenters. The second-order valence-corrected chi connectivity index (χ2v) is 3.48. The maximum absolute atomic E-state index is 8.95. The lowest BCUT2D eigenvalue weighted by atomic mass is 10.1. The quantitative estimate of drug-likeness (QED) is 0.663. The molecule has 14 heavy (non-hydrogen) atoms. The Bertz CT molecular complexity index is 366. The van der Waals surface area contributed by atoms with Gasteiger partial charge in [0.05, 0.1) is 5.57 Å². The van der Waals surface area contributed by atoms with Crippen LogP contribution in [0.1, 0.15) is 11.1 Å². The van der Waals surface area contributed by atoms with Crippen molar-refractivity contribution in [2.45, 2.75) is 6.92 Å². The van der Waals surface area contributed by atoms with Crippen molar-refractivity contribution in [3.63, 3.8) is 0 Å². The summed E-state index contributed by atoms with van der Waals surface area (Å²) in [4.78, 5) is 1.87. The fourth-order valence-corrected chi connectivity index (χ4v) is 1.16. The third-order valence-corrected chi connectivity index (χ3v) is 1.87. The predicted molar refractivity (Wildman–Crippen MR) is 58.5 cm³/mol. The lowest BCUT2D eigenvalue weighted by Crippen LogP contribution is -2.02. The van der Waals surface area contributed by atoms with E-state index in [1.807, 2.05) is 56.4 Å². The number of nitrogens with zero attached hydrogens (tertiary/aromatic N) is 2. The summed E-state index contributed by atoms with van der Waals surface area (Å²) in [6.45, 7) is 2.03. The van der Waals surface area contributed by atoms with Gasteiger partial charge in [0, 0.05) is 20.3 Å². The van der Waals surface area contributed by atoms with Gasteiger partial charge in [0.25, 0.3) is 0 Å². The number of rotatable bonds is 2. The molecule has 0 fully saturated rings. The van der Waals surface area contributed by atoms with Gasteiger partial charge in [-0.05, 0) is 12.5 Å². The number of aryl methyl sites for hydroxylation is 1. The van der Waals surface area contributed by atoms with Gasteiger partial charge in [-0.25, -0.2) is 0 Å². The van der Waals surface area contributed by atoms with Gasteiger partial charge in [0.1, 0.15) is 6.07 Å². The molecule has 0 saturated heterocycles. The van der Waals surface area contributed by atoms with Gasteiger partial charge in [-0.2, -0.15) is 5.26 Å². The van der Waals surface area contributed by atoms with Crippen molar-refractivity contribution < 1.29 is 0 Å². The molecule has 0 heterocycles. The molecule has 1 aromatic rings. The Hall–Kier alpha value is -1.75. The summed E-state index contributed by atoms with van der Waals surface area (Å²) in [6.07, 6.45) is 1.82. The topological polar surface area (TPSA) is 27.0 Å². The second-order valence-electron chi connectivity index (χ2n) is 3.48. The molecule has 0 unspecified atom stereocenters. The SMILES string of the molecule is Cc1ccc(/C(C#N)=C/N(C)C)cc1. The maximum Gasteiger partial charge on any atom is 0.101 e. The highest BCUT2D eigenvalue weighted by Gasteiger charge is 1.99. The molecule has 0 spiro atoms. The van der Waals surface area contributed by atoms with E-state index in [0.29, 0.717) is 5.57 Å². The van der Waals surface area contributed by atoms with Crippen LogP contribution in [-0.4, -0.2) is 19.0 Å². The largest absolute Gasteiger partial charge is 0.382 e. The van der Waals surface area contributed by atoms with Crippen LogP contribution in [0.3, 0.4) is 0 Å². The Morgan fingerprint density at radius 2 is 1.86 bits per heavy atom. The highest BCUT2D eigenvalue weighted by Crippen LogP contribution is 2.14. The van der Waals surface area contributed by atoms with Crippen molar-refractivity contribution in [3.8, 4) is 6.07 Å². The third kappa shape index (κ3) is 2.63. The summed E-state index contributed by atoms with van der Waals surface area (Å²) >= 11 is 0. The molecule has 72 valence electrons. The molecule has 1 rings (SSSR count). The zero-order valence-electron chi connectivity index (χ0n) is 8.78. The molecule has 0 aliphatic carbocycles. The molecule has 0 saturated carbocycles. The van der Waals surface area contributed by atoms with Crippen LogP contribution in [0.2, 0.25) is 0 Å². The minimum absolute atomic E-state index is 0.690. The van der Waals surface area contributed by atoms with E-state index in [1.54, 1.807) is 0 Å². The van der Waals surface area contributed by atoms with E-state index in [2.05, 4.69) is 6.07 Å². The molecule has 0 N–H and O–H groups in total. The van der Waals surface area contributed by atoms with E-state index < -0.39 is 0 Å². The number of hydrogen-bond acceptors (Lipinski definition) is 2. The van der Waals surface area contributed by atoms with Crippen molar-refractivity contribution in [2.75, 3.05) is 14.1 Å². The normalized spacial score (nSPS) is 10.9. The Morgan fingerprint density at radius 3 is 2.29 bits per heavy atom. The van der Waals surface area contributed by atoms with Crippen molar-refractivity contribution in [2.24, 2.45) is 0 Å². The van der Waals surface area contributed by atoms with E-state index in [1.165, 1.54) is 5.56 Å². The smallest absolute Gasteiger partial charge is 0.101 e. The first-order valence-electron chi connectivity index (χ1n) is 4.49. The van der Waals surface area contributed by atoms with E-state index in [0.717, 1.165) is 5.56 Å². The summed E-state index contributed by atoms with van der Waals surface area (Å²) in [5.41, 5.74) is 2.86. The van der Waals surface area contributed by atoms with Crippen LogP contribution in [0, 0.1) is 18.3 Å². The van der Waals surface area contributed by atoms with E-state index >= 15 is 0 Å². The highest BCUT2D eigenvalue weighted by atomic mass is 15.0. The molecule has 1 aromatic carbocycles. The van der Waals surface area contributed by atoms with Crippen molar-refractivity contribution >= 4 is 5.57 Å². The molecular weight excluding hydrogens is 172 g/mol. The Morgan fingerprint density at radius 1 is 1.29 bits per heavy atom. The fourth-order valence-electron chi connectivity index (χ4n) is 1.16. The molecular formula is C12H14N2.